The molecule has 3 aliphatic heterocycles. The Morgan fingerprint density at radius 2 is 1.32 bits per heavy atom. The van der Waals surface area contributed by atoms with Gasteiger partial charge >= 0.3 is 23.9 Å². The number of aliphatic hydroxyl groups is 3. The van der Waals surface area contributed by atoms with Gasteiger partial charge in [-0.1, -0.05) is 64.1 Å². The number of likely N-dealkylation sites (N-methyl/N-ethyl adjacent to an activating group) is 1. The summed E-state index contributed by atoms with van der Waals surface area (Å²) in [5, 5.41) is 36.6. The molecular weight excluding hydrogens is 935 g/mol. The molecule has 0 spiro atoms. The number of benzene rings is 2. The molecule has 404 valence electrons. The smallest absolute Gasteiger partial charge is 0.338 e. The highest BCUT2D eigenvalue weighted by Crippen LogP contribution is 2.43. The highest BCUT2D eigenvalue weighted by Gasteiger charge is 2.56. The molecule has 0 bridgehead atoms. The molecule has 72 heavy (non-hydrogen) atoms. The van der Waals surface area contributed by atoms with Gasteiger partial charge in [0.1, 0.15) is 18.3 Å². The minimum Gasteiger partial charge on any atom is -0.463 e. The van der Waals surface area contributed by atoms with E-state index in [1.807, 2.05) is 32.8 Å². The molecule has 2 aromatic rings. The van der Waals surface area contributed by atoms with Crippen LogP contribution in [0.2, 0.25) is 0 Å². The molecule has 2 unspecified atom stereocenters. The molecule has 3 saturated heterocycles. The number of aliphatic hydroxyl groups excluding tert-OH is 2. The van der Waals surface area contributed by atoms with E-state index in [2.05, 4.69) is 0 Å². The van der Waals surface area contributed by atoms with E-state index in [0.717, 1.165) is 6.92 Å². The summed E-state index contributed by atoms with van der Waals surface area (Å²) in [5.41, 5.74) is -4.28. The van der Waals surface area contributed by atoms with Crippen molar-refractivity contribution in [2.45, 2.75) is 185 Å². The van der Waals surface area contributed by atoms with Crippen LogP contribution in [0.3, 0.4) is 0 Å². The third-order valence-electron chi connectivity index (χ3n) is 15.3. The van der Waals surface area contributed by atoms with E-state index in [1.165, 1.54) is 14.2 Å². The van der Waals surface area contributed by atoms with Gasteiger partial charge in [-0.25, -0.2) is 9.59 Å². The lowest BCUT2D eigenvalue weighted by Crippen LogP contribution is -2.63. The Kier molecular flexibility index (Phi) is 20.4. The molecule has 3 N–H and O–H groups in total. The normalized spacial score (nSPS) is 39.3. The van der Waals surface area contributed by atoms with Gasteiger partial charge in [0, 0.05) is 39.4 Å². The van der Waals surface area contributed by atoms with Gasteiger partial charge in [-0.2, -0.15) is 0 Å². The molecule has 0 amide bonds. The van der Waals surface area contributed by atoms with Crippen LogP contribution in [0, 0.1) is 23.7 Å². The van der Waals surface area contributed by atoms with Gasteiger partial charge in [0.15, 0.2) is 30.4 Å². The van der Waals surface area contributed by atoms with Gasteiger partial charge in [0.05, 0.1) is 65.3 Å². The first-order valence-electron chi connectivity index (χ1n) is 25.2. The van der Waals surface area contributed by atoms with E-state index in [9.17, 15) is 34.5 Å². The van der Waals surface area contributed by atoms with Crippen molar-refractivity contribution in [1.82, 2.24) is 4.90 Å². The van der Waals surface area contributed by atoms with Crippen LogP contribution < -0.4 is 0 Å². The lowest BCUT2D eigenvalue weighted by molar-refractivity contribution is -0.319. The van der Waals surface area contributed by atoms with E-state index in [4.69, 9.17) is 47.4 Å². The first-order chi connectivity index (χ1) is 33.8. The molecule has 0 saturated carbocycles. The van der Waals surface area contributed by atoms with Crippen molar-refractivity contribution in [3.63, 3.8) is 0 Å². The summed E-state index contributed by atoms with van der Waals surface area (Å²) in [7, 11) is 6.75. The Hall–Kier alpha value is -4.08. The second kappa shape index (κ2) is 25.0. The van der Waals surface area contributed by atoms with Crippen LogP contribution in [-0.2, 0) is 57.0 Å². The number of carbonyl (C=O) groups is 4. The van der Waals surface area contributed by atoms with Gasteiger partial charge in [0.2, 0.25) is 0 Å². The molecule has 19 atom stereocenters. The molecule has 3 heterocycles. The van der Waals surface area contributed by atoms with Gasteiger partial charge < -0.3 is 67.6 Å². The largest absolute Gasteiger partial charge is 0.463 e. The number of rotatable bonds is 14. The summed E-state index contributed by atoms with van der Waals surface area (Å²) in [6.07, 6.45) is -11.8. The quantitative estimate of drug-likeness (QED) is 0.157. The standard InChI is InChI=1S/C54H81NO17/c1-15-40-54(62,29-65-36(8)56)45(58)32(4)42(57)30(2)27-52(9,63-13)46(72-51-44(39(55(11)12)26-31(3)66-51)70-49(60)37-22-18-16-19-23-37)33(5)43(34(6)48(59)68-40)69-41-28-53(10,64-14)47(35(7)67-41)71-50(61)38-24-20-17-21-25-38/h16-25,30-35,39-47,51,57-58,62H,15,26-29H2,1-14H3/t30-,31-,32+,33+,34-,35+,39+,40-,41?,42+,43+,44-,45-,46-,47+,51?,52+,53-,54-/m1/s1. The van der Waals surface area contributed by atoms with Crippen molar-refractivity contribution in [1.29, 1.82) is 0 Å². The molecule has 0 aliphatic carbocycles. The fraction of sp³-hybridized carbons (Fsp3) is 0.704. The van der Waals surface area contributed by atoms with Crippen LogP contribution in [0.5, 0.6) is 0 Å². The van der Waals surface area contributed by atoms with Crippen molar-refractivity contribution in [2.24, 2.45) is 23.7 Å². The molecule has 0 aromatic heterocycles. The molecule has 0 radical (unpaired) electrons. The maximum absolute atomic E-state index is 14.9. The Morgan fingerprint density at radius 3 is 1.85 bits per heavy atom. The fourth-order valence-electron chi connectivity index (χ4n) is 10.8. The summed E-state index contributed by atoms with van der Waals surface area (Å²) in [5.74, 6) is -6.62. The van der Waals surface area contributed by atoms with Crippen LogP contribution in [0.15, 0.2) is 60.7 Å². The second-order valence-electron chi connectivity index (χ2n) is 20.9. The first kappa shape index (κ1) is 58.8. The van der Waals surface area contributed by atoms with E-state index in [1.54, 1.807) is 109 Å². The maximum Gasteiger partial charge on any atom is 0.338 e. The molecular formula is C54H81NO17. The van der Waals surface area contributed by atoms with Crippen molar-refractivity contribution in [3.05, 3.63) is 71.8 Å². The van der Waals surface area contributed by atoms with E-state index in [0.29, 0.717) is 17.5 Å². The van der Waals surface area contributed by atoms with Gasteiger partial charge in [-0.3, -0.25) is 9.59 Å². The highest BCUT2D eigenvalue weighted by molar-refractivity contribution is 5.90. The molecule has 2 aromatic carbocycles. The zero-order valence-corrected chi connectivity index (χ0v) is 44.6. The van der Waals surface area contributed by atoms with Crippen LogP contribution in [0.1, 0.15) is 116 Å². The summed E-state index contributed by atoms with van der Waals surface area (Å²) < 4.78 is 63.8. The molecule has 5 rings (SSSR count). The number of hydrogen-bond donors (Lipinski definition) is 3. The molecule has 3 fully saturated rings. The monoisotopic (exact) mass is 1020 g/mol. The van der Waals surface area contributed by atoms with E-state index in [-0.39, 0.29) is 31.4 Å². The Labute approximate surface area is 425 Å². The van der Waals surface area contributed by atoms with Crippen LogP contribution >= 0.6 is 0 Å². The zero-order valence-electron chi connectivity index (χ0n) is 44.6. The van der Waals surface area contributed by atoms with Crippen LogP contribution in [-0.4, -0.2) is 169 Å². The van der Waals surface area contributed by atoms with Crippen LogP contribution in [0.25, 0.3) is 0 Å². The predicted molar refractivity (Wildman–Crippen MR) is 262 cm³/mol. The Morgan fingerprint density at radius 1 is 0.764 bits per heavy atom. The number of carbonyl (C=O) groups excluding carboxylic acids is 4. The third kappa shape index (κ3) is 13.4. The average Bonchev–Trinajstić information content (AvgIpc) is 3.36. The van der Waals surface area contributed by atoms with Gasteiger partial charge in [-0.05, 0) is 98.2 Å². The fourth-order valence-corrected chi connectivity index (χ4v) is 10.8. The SMILES string of the molecule is CC[C@H]1OC(=O)[C@H](C)[C@@H](OC2C[C@@](C)(OC)[C@@H](OC(=O)c3ccccc3)[C@H](C)O2)[C@H](C)[C@@H](OC2O[C@H](C)C[C@H](N(C)C)[C@H]2OC(=O)c2ccccc2)[C@@](C)(OC)C[C@@H](C)[C@H](O)[C@H](C)[C@@H](O)[C@@]1(O)COC(C)=O. The maximum atomic E-state index is 14.9. The van der Waals surface area contributed by atoms with Crippen molar-refractivity contribution in [3.8, 4) is 0 Å². The number of methoxy groups -OCH3 is 2. The summed E-state index contributed by atoms with van der Waals surface area (Å²) in [6, 6.07) is 16.7. The minimum atomic E-state index is -2.38. The van der Waals surface area contributed by atoms with Crippen molar-refractivity contribution < 1.29 is 81.9 Å². The van der Waals surface area contributed by atoms with Gasteiger partial charge in [-0.15, -0.1) is 0 Å². The zero-order chi connectivity index (χ0) is 53.5. The van der Waals surface area contributed by atoms with Crippen molar-refractivity contribution >= 4 is 23.9 Å². The minimum absolute atomic E-state index is 0.0109. The number of cyclic esters (lactones) is 1. The van der Waals surface area contributed by atoms with Gasteiger partial charge in [0.25, 0.3) is 0 Å². The topological polar surface area (TPSA) is 225 Å². The molecule has 18 heteroatoms. The molecule has 3 aliphatic rings. The first-order valence-corrected chi connectivity index (χ1v) is 25.2. The Bertz CT molecular complexity index is 2080. The summed E-state index contributed by atoms with van der Waals surface area (Å²) >= 11 is 0. The highest BCUT2D eigenvalue weighted by atomic mass is 16.7. The Balaban J connectivity index is 1.65. The second-order valence-corrected chi connectivity index (χ2v) is 20.9. The lowest BCUT2D eigenvalue weighted by Gasteiger charge is -2.50. The van der Waals surface area contributed by atoms with Crippen molar-refractivity contribution in [2.75, 3.05) is 34.9 Å². The third-order valence-corrected chi connectivity index (χ3v) is 15.3. The van der Waals surface area contributed by atoms with E-state index < -0.39 is 132 Å². The van der Waals surface area contributed by atoms with E-state index >= 15 is 0 Å². The van der Waals surface area contributed by atoms with Crippen LogP contribution in [0.4, 0.5) is 0 Å². The summed E-state index contributed by atoms with van der Waals surface area (Å²) in [6.45, 7) is 16.0. The number of nitrogens with zero attached hydrogens (tertiary/aromatic N) is 1. The summed E-state index contributed by atoms with van der Waals surface area (Å²) in [4.78, 5) is 56.4. The number of esters is 4. The number of ether oxygens (including phenoxy) is 10. The average molecular weight is 1020 g/mol. The molecule has 18 nitrogen and oxygen atoms in total. The lowest BCUT2D eigenvalue weighted by atomic mass is 9.73. The predicted octanol–water partition coefficient (Wildman–Crippen LogP) is 5.50. The number of hydrogen-bond acceptors (Lipinski definition) is 18.